The maximum atomic E-state index is 13.1. The van der Waals surface area contributed by atoms with Crippen LogP contribution in [0.5, 0.6) is 23.0 Å². The minimum Gasteiger partial charge on any atom is -0.508 e. The van der Waals surface area contributed by atoms with Crippen LogP contribution in [0.3, 0.4) is 0 Å². The van der Waals surface area contributed by atoms with Gasteiger partial charge in [0, 0.05) is 11.6 Å². The molecule has 0 radical (unpaired) electrons. The van der Waals surface area contributed by atoms with E-state index in [1.807, 2.05) is 0 Å². The lowest BCUT2D eigenvalue weighted by Crippen LogP contribution is -2.35. The number of phenols is 3. The van der Waals surface area contributed by atoms with Crippen molar-refractivity contribution in [3.63, 3.8) is 0 Å². The normalized spacial score (nSPS) is 15.1. The van der Waals surface area contributed by atoms with Gasteiger partial charge < -0.3 is 29.8 Å². The van der Waals surface area contributed by atoms with E-state index in [9.17, 15) is 20.1 Å². The molecule has 0 saturated carbocycles. The Labute approximate surface area is 154 Å². The van der Waals surface area contributed by atoms with Gasteiger partial charge in [-0.15, -0.1) is 0 Å². The first-order valence-electron chi connectivity index (χ1n) is 8.72. The molecule has 2 aromatic carbocycles. The number of hydrogen-bond acceptors (Lipinski definition) is 7. The lowest BCUT2D eigenvalue weighted by atomic mass is 10.1. The number of phenolic OH excluding ortho intramolecular Hbond substituents is 3. The summed E-state index contributed by atoms with van der Waals surface area (Å²) in [5.41, 5.74) is 0.245. The minimum atomic E-state index is -0.350. The molecule has 3 aromatic rings. The monoisotopic (exact) mass is 369 g/mol. The number of piperidine rings is 1. The summed E-state index contributed by atoms with van der Waals surface area (Å²) >= 11 is 0. The maximum absolute atomic E-state index is 13.1. The number of rotatable bonds is 3. The van der Waals surface area contributed by atoms with Crippen molar-refractivity contribution in [3.05, 3.63) is 46.6 Å². The molecule has 140 valence electrons. The van der Waals surface area contributed by atoms with Crippen LogP contribution >= 0.6 is 0 Å². The predicted octanol–water partition coefficient (Wildman–Crippen LogP) is 2.71. The average Bonchev–Trinajstić information content (AvgIpc) is 2.67. The van der Waals surface area contributed by atoms with Gasteiger partial charge >= 0.3 is 0 Å². The van der Waals surface area contributed by atoms with Crippen molar-refractivity contribution in [2.75, 3.05) is 13.1 Å². The van der Waals surface area contributed by atoms with E-state index >= 15 is 0 Å². The van der Waals surface area contributed by atoms with Gasteiger partial charge in [-0.1, -0.05) is 0 Å². The molecular weight excluding hydrogens is 350 g/mol. The summed E-state index contributed by atoms with van der Waals surface area (Å²) in [6, 6.07) is 8.40. The van der Waals surface area contributed by atoms with Crippen LogP contribution in [-0.4, -0.2) is 34.5 Å². The Morgan fingerprint density at radius 1 is 1.00 bits per heavy atom. The summed E-state index contributed by atoms with van der Waals surface area (Å²) in [5, 5.41) is 32.7. The number of nitrogens with one attached hydrogen (secondary N) is 1. The van der Waals surface area contributed by atoms with E-state index in [1.165, 1.54) is 36.4 Å². The molecule has 0 unspecified atom stereocenters. The molecule has 1 aliphatic heterocycles. The SMILES string of the molecule is O=c1c(OC2CCNCC2)c(-c2ccc(O)c(O)c2)oc2cc(O)ccc12. The van der Waals surface area contributed by atoms with Gasteiger partial charge in [-0.05, 0) is 56.3 Å². The molecule has 1 fully saturated rings. The van der Waals surface area contributed by atoms with Crippen molar-refractivity contribution in [3.8, 4) is 34.3 Å². The van der Waals surface area contributed by atoms with Crippen LogP contribution in [0.4, 0.5) is 0 Å². The minimum absolute atomic E-state index is 0.0304. The van der Waals surface area contributed by atoms with E-state index in [4.69, 9.17) is 9.15 Å². The van der Waals surface area contributed by atoms with E-state index in [1.54, 1.807) is 0 Å². The van der Waals surface area contributed by atoms with Crippen LogP contribution in [0, 0.1) is 0 Å². The quantitative estimate of drug-likeness (QED) is 0.525. The highest BCUT2D eigenvalue weighted by molar-refractivity contribution is 5.83. The molecule has 4 rings (SSSR count). The third kappa shape index (κ3) is 3.29. The molecule has 0 spiro atoms. The number of fused-ring (bicyclic) bond motifs is 1. The van der Waals surface area contributed by atoms with Crippen LogP contribution in [0.1, 0.15) is 12.8 Å². The van der Waals surface area contributed by atoms with Gasteiger partial charge in [0.15, 0.2) is 17.3 Å². The predicted molar refractivity (Wildman–Crippen MR) is 99.4 cm³/mol. The Balaban J connectivity index is 1.91. The number of hydrogen-bond donors (Lipinski definition) is 4. The van der Waals surface area contributed by atoms with E-state index in [2.05, 4.69) is 5.32 Å². The van der Waals surface area contributed by atoms with Crippen LogP contribution in [0.25, 0.3) is 22.3 Å². The van der Waals surface area contributed by atoms with Crippen molar-refractivity contribution < 1.29 is 24.5 Å². The highest BCUT2D eigenvalue weighted by Crippen LogP contribution is 2.37. The second-order valence-electron chi connectivity index (χ2n) is 6.54. The van der Waals surface area contributed by atoms with Crippen molar-refractivity contribution >= 4 is 11.0 Å². The van der Waals surface area contributed by atoms with Gasteiger partial charge in [0.05, 0.1) is 5.39 Å². The van der Waals surface area contributed by atoms with E-state index < -0.39 is 0 Å². The first kappa shape index (κ1) is 17.2. The molecule has 7 heteroatoms. The molecule has 1 saturated heterocycles. The third-order valence-corrected chi connectivity index (χ3v) is 4.64. The molecule has 4 N–H and O–H groups in total. The van der Waals surface area contributed by atoms with Gasteiger partial charge in [-0.25, -0.2) is 0 Å². The molecule has 0 bridgehead atoms. The van der Waals surface area contributed by atoms with Crippen LogP contribution < -0.4 is 15.5 Å². The Kier molecular flexibility index (Phi) is 4.37. The molecule has 1 aliphatic rings. The smallest absolute Gasteiger partial charge is 0.235 e. The van der Waals surface area contributed by atoms with E-state index in [-0.39, 0.29) is 45.9 Å². The maximum Gasteiger partial charge on any atom is 0.235 e. The van der Waals surface area contributed by atoms with Crippen molar-refractivity contribution in [2.45, 2.75) is 18.9 Å². The summed E-state index contributed by atoms with van der Waals surface area (Å²) in [7, 11) is 0. The average molecular weight is 369 g/mol. The van der Waals surface area contributed by atoms with Gasteiger partial charge in [-0.2, -0.15) is 0 Å². The largest absolute Gasteiger partial charge is 0.508 e. The molecular formula is C20H19NO6. The summed E-state index contributed by atoms with van der Waals surface area (Å²) in [5.74, 6) is -0.436. The number of ether oxygens (including phenoxy) is 1. The lowest BCUT2D eigenvalue weighted by Gasteiger charge is -2.24. The van der Waals surface area contributed by atoms with Crippen LogP contribution in [-0.2, 0) is 0 Å². The van der Waals surface area contributed by atoms with Gasteiger partial charge in [0.1, 0.15) is 17.4 Å². The van der Waals surface area contributed by atoms with Crippen LogP contribution in [0.2, 0.25) is 0 Å². The van der Waals surface area contributed by atoms with Gasteiger partial charge in [0.25, 0.3) is 0 Å². The summed E-state index contributed by atoms with van der Waals surface area (Å²) in [6.45, 7) is 1.60. The highest BCUT2D eigenvalue weighted by Gasteiger charge is 2.23. The molecule has 2 heterocycles. The second-order valence-corrected chi connectivity index (χ2v) is 6.54. The topological polar surface area (TPSA) is 112 Å². The standard InChI is InChI=1S/C20H19NO6/c22-12-2-3-14-17(10-12)27-19(11-1-4-15(23)16(24)9-11)20(18(14)25)26-13-5-7-21-8-6-13/h1-4,9-10,13,21-24H,5-8H2. The highest BCUT2D eigenvalue weighted by atomic mass is 16.5. The molecule has 1 aromatic heterocycles. The first-order chi connectivity index (χ1) is 13.0. The zero-order chi connectivity index (χ0) is 19.0. The van der Waals surface area contributed by atoms with E-state index in [0.29, 0.717) is 10.9 Å². The first-order valence-corrected chi connectivity index (χ1v) is 8.72. The zero-order valence-electron chi connectivity index (χ0n) is 14.4. The Hall–Kier alpha value is -3.19. The van der Waals surface area contributed by atoms with Gasteiger partial charge in [0.2, 0.25) is 11.2 Å². The van der Waals surface area contributed by atoms with E-state index in [0.717, 1.165) is 25.9 Å². The molecule has 0 amide bonds. The Morgan fingerprint density at radius 3 is 2.52 bits per heavy atom. The molecule has 0 atom stereocenters. The number of benzene rings is 2. The van der Waals surface area contributed by atoms with Crippen molar-refractivity contribution in [1.29, 1.82) is 0 Å². The fourth-order valence-electron chi connectivity index (χ4n) is 3.21. The fraction of sp³-hybridized carbons (Fsp3) is 0.250. The number of aromatic hydroxyl groups is 3. The Bertz CT molecular complexity index is 1050. The van der Waals surface area contributed by atoms with Crippen molar-refractivity contribution in [1.82, 2.24) is 5.32 Å². The lowest BCUT2D eigenvalue weighted by molar-refractivity contribution is 0.159. The van der Waals surface area contributed by atoms with Gasteiger partial charge in [-0.3, -0.25) is 4.79 Å². The zero-order valence-corrected chi connectivity index (χ0v) is 14.4. The second kappa shape index (κ2) is 6.85. The van der Waals surface area contributed by atoms with Crippen molar-refractivity contribution in [2.24, 2.45) is 0 Å². The third-order valence-electron chi connectivity index (χ3n) is 4.64. The molecule has 0 aliphatic carbocycles. The summed E-state index contributed by atoms with van der Waals surface area (Å²) < 4.78 is 11.9. The van der Waals surface area contributed by atoms with Crippen LogP contribution in [0.15, 0.2) is 45.6 Å². The fourth-order valence-corrected chi connectivity index (χ4v) is 3.21. The summed E-state index contributed by atoms with van der Waals surface area (Å²) in [4.78, 5) is 13.1. The molecule has 27 heavy (non-hydrogen) atoms. The molecule has 7 nitrogen and oxygen atoms in total. The Morgan fingerprint density at radius 2 is 1.78 bits per heavy atom. The summed E-state index contributed by atoms with van der Waals surface area (Å²) in [6.07, 6.45) is 1.38.